The molecule has 1 saturated carbocycles. The Bertz CT molecular complexity index is 897. The molecule has 4 rings (SSSR count). The number of carbonyl (C=O) groups is 1. The van der Waals surface area contributed by atoms with Gasteiger partial charge in [-0.3, -0.25) is 9.48 Å². The second-order valence-electron chi connectivity index (χ2n) is 8.45. The van der Waals surface area contributed by atoms with Crippen LogP contribution in [0.4, 0.5) is 0 Å². The van der Waals surface area contributed by atoms with Gasteiger partial charge in [0.2, 0.25) is 0 Å². The normalized spacial score (nSPS) is 16.6. The maximum Gasteiger partial charge on any atom is 0.269 e. The van der Waals surface area contributed by atoms with Crippen LogP contribution in [0.5, 0.6) is 11.5 Å². The highest BCUT2D eigenvalue weighted by Gasteiger charge is 2.31. The summed E-state index contributed by atoms with van der Waals surface area (Å²) < 4.78 is 13.2. The summed E-state index contributed by atoms with van der Waals surface area (Å²) in [6, 6.07) is 5.62. The van der Waals surface area contributed by atoms with Crippen molar-refractivity contribution >= 4 is 17.5 Å². The molecule has 7 heteroatoms. The zero-order chi connectivity index (χ0) is 19.9. The van der Waals surface area contributed by atoms with Crippen LogP contribution < -0.4 is 14.8 Å². The molecule has 1 N–H and O–H groups in total. The van der Waals surface area contributed by atoms with Crippen LogP contribution in [-0.4, -0.2) is 28.9 Å². The molecule has 1 aromatic heterocycles. The van der Waals surface area contributed by atoms with Gasteiger partial charge in [0.1, 0.15) is 5.69 Å². The summed E-state index contributed by atoms with van der Waals surface area (Å²) in [5.41, 5.74) is 2.21. The van der Waals surface area contributed by atoms with E-state index in [4.69, 9.17) is 26.2 Å². The molecule has 2 heterocycles. The van der Waals surface area contributed by atoms with E-state index in [1.54, 1.807) is 0 Å². The Kier molecular flexibility index (Phi) is 5.00. The number of ether oxygens (including phenoxy) is 2. The minimum atomic E-state index is -0.266. The van der Waals surface area contributed by atoms with Crippen LogP contribution in [0.15, 0.2) is 18.2 Å². The molecule has 1 aromatic carbocycles. The Morgan fingerprint density at radius 1 is 1.25 bits per heavy atom. The van der Waals surface area contributed by atoms with Gasteiger partial charge >= 0.3 is 0 Å². The standard InChI is InChI=1S/C21H26ClN3O3/c1-21(2,3)25-17(11-16(24-25)14-5-6-14)20(26)23-12-13-9-15(22)19-18(10-13)27-7-4-8-28-19/h9-11,14H,4-8,12H2,1-3H3,(H,23,26). The molecule has 150 valence electrons. The fourth-order valence-corrected chi connectivity index (χ4v) is 3.60. The van der Waals surface area contributed by atoms with Crippen LogP contribution in [0.1, 0.15) is 67.7 Å². The van der Waals surface area contributed by atoms with E-state index in [9.17, 15) is 4.79 Å². The minimum Gasteiger partial charge on any atom is -0.489 e. The number of nitrogens with one attached hydrogen (secondary N) is 1. The molecule has 6 nitrogen and oxygen atoms in total. The van der Waals surface area contributed by atoms with Crippen LogP contribution in [0.3, 0.4) is 0 Å². The fraction of sp³-hybridized carbons (Fsp3) is 0.524. The lowest BCUT2D eigenvalue weighted by molar-refractivity contribution is 0.0932. The molecule has 0 radical (unpaired) electrons. The van der Waals surface area contributed by atoms with Crippen LogP contribution in [-0.2, 0) is 12.1 Å². The smallest absolute Gasteiger partial charge is 0.269 e. The molecule has 1 aliphatic heterocycles. The van der Waals surface area contributed by atoms with E-state index in [1.807, 2.05) is 22.9 Å². The summed E-state index contributed by atoms with van der Waals surface area (Å²) in [4.78, 5) is 12.9. The number of hydrogen-bond acceptors (Lipinski definition) is 4. The van der Waals surface area contributed by atoms with E-state index < -0.39 is 0 Å². The zero-order valence-electron chi connectivity index (χ0n) is 16.5. The van der Waals surface area contributed by atoms with Crippen molar-refractivity contribution in [3.05, 3.63) is 40.2 Å². The molecule has 0 unspecified atom stereocenters. The molecular weight excluding hydrogens is 378 g/mol. The average Bonchev–Trinajstić information content (AvgIpc) is 3.42. The molecule has 0 bridgehead atoms. The van der Waals surface area contributed by atoms with Gasteiger partial charge < -0.3 is 14.8 Å². The maximum absolute atomic E-state index is 12.9. The lowest BCUT2D eigenvalue weighted by Gasteiger charge is -2.22. The average molecular weight is 404 g/mol. The molecule has 28 heavy (non-hydrogen) atoms. The van der Waals surface area contributed by atoms with Gasteiger partial charge in [-0.05, 0) is 57.4 Å². The zero-order valence-corrected chi connectivity index (χ0v) is 17.3. The minimum absolute atomic E-state index is 0.141. The largest absolute Gasteiger partial charge is 0.489 e. The second kappa shape index (κ2) is 7.32. The van der Waals surface area contributed by atoms with Crippen molar-refractivity contribution < 1.29 is 14.3 Å². The van der Waals surface area contributed by atoms with Crippen LogP contribution >= 0.6 is 11.6 Å². The van der Waals surface area contributed by atoms with Crippen molar-refractivity contribution in [1.82, 2.24) is 15.1 Å². The SMILES string of the molecule is CC(C)(C)n1nc(C2CC2)cc1C(=O)NCc1cc(Cl)c2c(c1)OCCCO2. The van der Waals surface area contributed by atoms with Crippen molar-refractivity contribution in [3.63, 3.8) is 0 Å². The summed E-state index contributed by atoms with van der Waals surface area (Å²) in [6.07, 6.45) is 3.12. The summed E-state index contributed by atoms with van der Waals surface area (Å²) in [5.74, 6) is 1.56. The second-order valence-corrected chi connectivity index (χ2v) is 8.86. The lowest BCUT2D eigenvalue weighted by Crippen LogP contribution is -2.32. The highest BCUT2D eigenvalue weighted by molar-refractivity contribution is 6.32. The maximum atomic E-state index is 12.9. The Balaban J connectivity index is 1.52. The van der Waals surface area contributed by atoms with Gasteiger partial charge in [0.15, 0.2) is 11.5 Å². The van der Waals surface area contributed by atoms with Gasteiger partial charge in [-0.1, -0.05) is 11.6 Å². The number of fused-ring (bicyclic) bond motifs is 1. The van der Waals surface area contributed by atoms with E-state index in [0.29, 0.717) is 47.9 Å². The molecule has 1 fully saturated rings. The van der Waals surface area contributed by atoms with Gasteiger partial charge in [-0.15, -0.1) is 0 Å². The summed E-state index contributed by atoms with van der Waals surface area (Å²) in [6.45, 7) is 7.69. The molecule has 0 saturated heterocycles. The Labute approximate surface area is 170 Å². The number of nitrogens with zero attached hydrogens (tertiary/aromatic N) is 2. The van der Waals surface area contributed by atoms with Gasteiger partial charge in [0, 0.05) is 18.9 Å². The number of amides is 1. The first-order valence-corrected chi connectivity index (χ1v) is 10.2. The van der Waals surface area contributed by atoms with Crippen molar-refractivity contribution in [2.45, 2.75) is 58.0 Å². The van der Waals surface area contributed by atoms with E-state index in [-0.39, 0.29) is 11.4 Å². The summed E-state index contributed by atoms with van der Waals surface area (Å²) >= 11 is 6.35. The fourth-order valence-electron chi connectivity index (χ4n) is 3.31. The lowest BCUT2D eigenvalue weighted by atomic mass is 10.1. The highest BCUT2D eigenvalue weighted by Crippen LogP contribution is 2.40. The first-order chi connectivity index (χ1) is 13.3. The first-order valence-electron chi connectivity index (χ1n) is 9.79. The van der Waals surface area contributed by atoms with Crippen molar-refractivity contribution in [2.24, 2.45) is 0 Å². The number of rotatable bonds is 4. The van der Waals surface area contributed by atoms with Gasteiger partial charge in [0.05, 0.1) is 29.5 Å². The molecule has 0 spiro atoms. The summed E-state index contributed by atoms with van der Waals surface area (Å²) in [7, 11) is 0. The predicted octanol–water partition coefficient (Wildman–Crippen LogP) is 4.26. The first kappa shape index (κ1) is 19.1. The number of hydrogen-bond donors (Lipinski definition) is 1. The van der Waals surface area contributed by atoms with Gasteiger partial charge in [-0.2, -0.15) is 5.10 Å². The van der Waals surface area contributed by atoms with Crippen molar-refractivity contribution in [2.75, 3.05) is 13.2 Å². The van der Waals surface area contributed by atoms with E-state index in [0.717, 1.165) is 30.5 Å². The number of aromatic nitrogens is 2. The Morgan fingerprint density at radius 3 is 2.71 bits per heavy atom. The van der Waals surface area contributed by atoms with Crippen LogP contribution in [0.25, 0.3) is 0 Å². The van der Waals surface area contributed by atoms with Crippen molar-refractivity contribution in [1.29, 1.82) is 0 Å². The highest BCUT2D eigenvalue weighted by atomic mass is 35.5. The monoisotopic (exact) mass is 403 g/mol. The molecule has 1 aliphatic carbocycles. The Hall–Kier alpha value is -2.21. The number of carbonyl (C=O) groups excluding carboxylic acids is 1. The predicted molar refractivity (Wildman–Crippen MR) is 107 cm³/mol. The quantitative estimate of drug-likeness (QED) is 0.828. The summed E-state index contributed by atoms with van der Waals surface area (Å²) in [5, 5.41) is 8.19. The third-order valence-corrected chi connectivity index (χ3v) is 5.19. The van der Waals surface area contributed by atoms with Gasteiger partial charge in [-0.25, -0.2) is 0 Å². The van der Waals surface area contributed by atoms with E-state index in [1.165, 1.54) is 0 Å². The van der Waals surface area contributed by atoms with Gasteiger partial charge in [0.25, 0.3) is 5.91 Å². The van der Waals surface area contributed by atoms with E-state index >= 15 is 0 Å². The molecule has 1 amide bonds. The molecular formula is C21H26ClN3O3. The molecule has 2 aromatic rings. The number of benzene rings is 1. The topological polar surface area (TPSA) is 65.4 Å². The number of halogens is 1. The molecule has 0 atom stereocenters. The van der Waals surface area contributed by atoms with Crippen molar-refractivity contribution in [3.8, 4) is 11.5 Å². The third kappa shape index (κ3) is 3.97. The Morgan fingerprint density at radius 2 is 2.00 bits per heavy atom. The van der Waals surface area contributed by atoms with Crippen LogP contribution in [0.2, 0.25) is 5.02 Å². The third-order valence-electron chi connectivity index (χ3n) is 4.91. The van der Waals surface area contributed by atoms with Crippen LogP contribution in [0, 0.1) is 0 Å². The molecule has 2 aliphatic rings. The van der Waals surface area contributed by atoms with E-state index in [2.05, 4.69) is 26.1 Å².